The first-order valence-corrected chi connectivity index (χ1v) is 3.90. The van der Waals surface area contributed by atoms with Crippen LogP contribution in [-0.2, 0) is 0 Å². The number of ether oxygens (including phenoxy) is 1. The van der Waals surface area contributed by atoms with E-state index in [-0.39, 0.29) is 6.61 Å². The summed E-state index contributed by atoms with van der Waals surface area (Å²) in [5, 5.41) is 0. The molecule has 0 saturated carbocycles. The molecule has 0 aromatic heterocycles. The normalized spacial score (nSPS) is 8.92. The van der Waals surface area contributed by atoms with E-state index in [1.807, 2.05) is 13.0 Å². The fourth-order valence-corrected chi connectivity index (χ4v) is 0.960. The largest absolute Gasteiger partial charge is 0.481 e. The lowest BCUT2D eigenvalue weighted by atomic mass is 10.1. The van der Waals surface area contributed by atoms with Crippen LogP contribution in [0.25, 0.3) is 0 Å². The molecular weight excluding hydrogens is 164 g/mol. The second kappa shape index (κ2) is 4.32. The minimum Gasteiger partial charge on any atom is -0.481 e. The Morgan fingerprint density at radius 3 is 3.00 bits per heavy atom. The third-order valence-electron chi connectivity index (χ3n) is 1.70. The molecule has 13 heavy (non-hydrogen) atoms. The van der Waals surface area contributed by atoms with Crippen LogP contribution >= 0.6 is 0 Å². The van der Waals surface area contributed by atoms with Gasteiger partial charge in [-0.25, -0.2) is 0 Å². The van der Waals surface area contributed by atoms with Gasteiger partial charge >= 0.3 is 0 Å². The van der Waals surface area contributed by atoms with Crippen molar-refractivity contribution in [2.24, 2.45) is 0 Å². The first-order chi connectivity index (χ1) is 6.27. The van der Waals surface area contributed by atoms with Crippen LogP contribution in [-0.4, -0.2) is 12.9 Å². The molecule has 0 heterocycles. The Hall–Kier alpha value is -1.75. The minimum absolute atomic E-state index is 0.224. The van der Waals surface area contributed by atoms with Gasteiger partial charge in [0.15, 0.2) is 0 Å². The first-order valence-electron chi connectivity index (χ1n) is 3.90. The SMILES string of the molecule is C#CCOc1ccc(C)c(C=O)c1. The molecule has 0 aliphatic rings. The molecule has 0 atom stereocenters. The number of aryl methyl sites for hydroxylation is 1. The van der Waals surface area contributed by atoms with E-state index in [0.717, 1.165) is 11.8 Å². The molecule has 1 rings (SSSR count). The molecule has 0 aliphatic heterocycles. The van der Waals surface area contributed by atoms with Crippen LogP contribution < -0.4 is 4.74 Å². The highest BCUT2D eigenvalue weighted by molar-refractivity contribution is 5.77. The van der Waals surface area contributed by atoms with E-state index in [1.54, 1.807) is 12.1 Å². The number of aldehydes is 1. The number of carbonyl (C=O) groups excluding carboxylic acids is 1. The van der Waals surface area contributed by atoms with Gasteiger partial charge < -0.3 is 4.74 Å². The summed E-state index contributed by atoms with van der Waals surface area (Å²) in [5.41, 5.74) is 1.57. The summed E-state index contributed by atoms with van der Waals surface area (Å²) in [5.74, 6) is 2.99. The molecule has 2 nitrogen and oxygen atoms in total. The van der Waals surface area contributed by atoms with Crippen LogP contribution in [0.1, 0.15) is 15.9 Å². The maximum atomic E-state index is 10.6. The third kappa shape index (κ3) is 2.34. The van der Waals surface area contributed by atoms with Gasteiger partial charge in [0.2, 0.25) is 0 Å². The van der Waals surface area contributed by atoms with Crippen molar-refractivity contribution in [2.45, 2.75) is 6.92 Å². The summed E-state index contributed by atoms with van der Waals surface area (Å²) < 4.78 is 5.16. The molecule has 1 aromatic carbocycles. The number of hydrogen-bond donors (Lipinski definition) is 0. The van der Waals surface area contributed by atoms with E-state index < -0.39 is 0 Å². The summed E-state index contributed by atoms with van der Waals surface area (Å²) in [6, 6.07) is 5.30. The highest BCUT2D eigenvalue weighted by Crippen LogP contribution is 2.15. The average Bonchev–Trinajstić information content (AvgIpc) is 2.16. The Morgan fingerprint density at radius 1 is 1.62 bits per heavy atom. The summed E-state index contributed by atoms with van der Waals surface area (Å²) in [6.07, 6.45) is 5.84. The highest BCUT2D eigenvalue weighted by Gasteiger charge is 1.98. The summed E-state index contributed by atoms with van der Waals surface area (Å²) >= 11 is 0. The van der Waals surface area contributed by atoms with E-state index in [1.165, 1.54) is 0 Å². The maximum Gasteiger partial charge on any atom is 0.150 e. The lowest BCUT2D eigenvalue weighted by molar-refractivity contribution is 0.112. The Bertz CT molecular complexity index is 348. The van der Waals surface area contributed by atoms with E-state index in [4.69, 9.17) is 11.2 Å². The number of hydrogen-bond acceptors (Lipinski definition) is 2. The van der Waals surface area contributed by atoms with Gasteiger partial charge in [0, 0.05) is 5.56 Å². The topological polar surface area (TPSA) is 26.3 Å². The Kier molecular flexibility index (Phi) is 3.10. The zero-order chi connectivity index (χ0) is 9.68. The second-order valence-electron chi connectivity index (χ2n) is 2.63. The van der Waals surface area contributed by atoms with Crippen molar-refractivity contribution in [2.75, 3.05) is 6.61 Å². The number of benzene rings is 1. The van der Waals surface area contributed by atoms with Crippen molar-refractivity contribution >= 4 is 6.29 Å². The molecule has 0 spiro atoms. The van der Waals surface area contributed by atoms with E-state index >= 15 is 0 Å². The van der Waals surface area contributed by atoms with E-state index in [0.29, 0.717) is 11.3 Å². The van der Waals surface area contributed by atoms with Crippen LogP contribution in [0.4, 0.5) is 0 Å². The summed E-state index contributed by atoms with van der Waals surface area (Å²) in [4.78, 5) is 10.6. The molecule has 66 valence electrons. The molecular formula is C11H10O2. The van der Waals surface area contributed by atoms with Gasteiger partial charge in [0.1, 0.15) is 18.6 Å². The molecule has 0 unspecified atom stereocenters. The van der Waals surface area contributed by atoms with Crippen molar-refractivity contribution in [1.29, 1.82) is 0 Å². The van der Waals surface area contributed by atoms with Gasteiger partial charge in [-0.15, -0.1) is 6.42 Å². The van der Waals surface area contributed by atoms with Crippen molar-refractivity contribution in [3.63, 3.8) is 0 Å². The first kappa shape index (κ1) is 9.34. The molecule has 2 heteroatoms. The van der Waals surface area contributed by atoms with Gasteiger partial charge in [-0.3, -0.25) is 4.79 Å². The predicted molar refractivity (Wildman–Crippen MR) is 50.9 cm³/mol. The molecule has 0 saturated heterocycles. The molecule has 0 bridgehead atoms. The fraction of sp³-hybridized carbons (Fsp3) is 0.182. The van der Waals surface area contributed by atoms with Gasteiger partial charge in [0.05, 0.1) is 0 Å². The summed E-state index contributed by atoms with van der Waals surface area (Å²) in [7, 11) is 0. The lowest BCUT2D eigenvalue weighted by Crippen LogP contribution is -1.95. The van der Waals surface area contributed by atoms with Crippen LogP contribution in [0.2, 0.25) is 0 Å². The molecule has 0 amide bonds. The Balaban J connectivity index is 2.87. The highest BCUT2D eigenvalue weighted by atomic mass is 16.5. The predicted octanol–water partition coefficient (Wildman–Crippen LogP) is 1.82. The zero-order valence-corrected chi connectivity index (χ0v) is 7.41. The zero-order valence-electron chi connectivity index (χ0n) is 7.41. The summed E-state index contributed by atoms with van der Waals surface area (Å²) in [6.45, 7) is 2.09. The van der Waals surface area contributed by atoms with Gasteiger partial charge in [-0.1, -0.05) is 12.0 Å². The van der Waals surface area contributed by atoms with Crippen LogP contribution in [0, 0.1) is 19.3 Å². The average molecular weight is 174 g/mol. The number of terminal acetylenes is 1. The van der Waals surface area contributed by atoms with Gasteiger partial charge in [-0.2, -0.15) is 0 Å². The minimum atomic E-state index is 0.224. The van der Waals surface area contributed by atoms with Crippen LogP contribution in [0.15, 0.2) is 18.2 Å². The Morgan fingerprint density at radius 2 is 2.38 bits per heavy atom. The number of carbonyl (C=O) groups is 1. The van der Waals surface area contributed by atoms with E-state index in [9.17, 15) is 4.79 Å². The Labute approximate surface area is 77.5 Å². The molecule has 0 radical (unpaired) electrons. The standard InChI is InChI=1S/C11H10O2/c1-3-6-13-11-5-4-9(2)10(7-11)8-12/h1,4-5,7-8H,6H2,2H3. The van der Waals surface area contributed by atoms with Crippen molar-refractivity contribution in [1.82, 2.24) is 0 Å². The molecule has 0 aliphatic carbocycles. The fourth-order valence-electron chi connectivity index (χ4n) is 0.960. The lowest BCUT2D eigenvalue weighted by Gasteiger charge is -2.04. The second-order valence-corrected chi connectivity index (χ2v) is 2.63. The van der Waals surface area contributed by atoms with Crippen molar-refractivity contribution in [3.8, 4) is 18.1 Å². The quantitative estimate of drug-likeness (QED) is 0.516. The van der Waals surface area contributed by atoms with E-state index in [2.05, 4.69) is 5.92 Å². The van der Waals surface area contributed by atoms with Gasteiger partial charge in [0.25, 0.3) is 0 Å². The molecule has 0 fully saturated rings. The van der Waals surface area contributed by atoms with Gasteiger partial charge in [-0.05, 0) is 24.6 Å². The molecule has 0 N–H and O–H groups in total. The van der Waals surface area contributed by atoms with Crippen LogP contribution in [0.3, 0.4) is 0 Å². The molecule has 1 aromatic rings. The third-order valence-corrected chi connectivity index (χ3v) is 1.70. The smallest absolute Gasteiger partial charge is 0.150 e. The van der Waals surface area contributed by atoms with Crippen molar-refractivity contribution < 1.29 is 9.53 Å². The number of rotatable bonds is 3. The van der Waals surface area contributed by atoms with Crippen molar-refractivity contribution in [3.05, 3.63) is 29.3 Å². The van der Waals surface area contributed by atoms with Crippen LogP contribution in [0.5, 0.6) is 5.75 Å². The monoisotopic (exact) mass is 174 g/mol. The maximum absolute atomic E-state index is 10.6.